The number of carboxylic acid groups (broad SMARTS) is 1. The Morgan fingerprint density at radius 1 is 1.27 bits per heavy atom. The zero-order valence-corrected chi connectivity index (χ0v) is 14.0. The van der Waals surface area contributed by atoms with E-state index in [0.717, 1.165) is 4.47 Å². The molecule has 1 amide bonds. The predicted octanol–water partition coefficient (Wildman–Crippen LogP) is 3.44. The molecule has 22 heavy (non-hydrogen) atoms. The molecule has 0 aliphatic heterocycles. The Labute approximate surface area is 137 Å². The Morgan fingerprint density at radius 3 is 2.45 bits per heavy atom. The number of rotatable bonds is 4. The van der Waals surface area contributed by atoms with Crippen LogP contribution in [-0.2, 0) is 16.1 Å². The molecule has 1 N–H and O–H groups in total. The van der Waals surface area contributed by atoms with Crippen molar-refractivity contribution in [3.05, 3.63) is 34.1 Å². The van der Waals surface area contributed by atoms with Crippen LogP contribution in [0, 0.1) is 17.7 Å². The molecule has 1 aliphatic rings. The molecule has 120 valence electrons. The topological polar surface area (TPSA) is 57.6 Å². The van der Waals surface area contributed by atoms with E-state index in [-0.39, 0.29) is 30.1 Å². The van der Waals surface area contributed by atoms with Gasteiger partial charge in [-0.25, -0.2) is 4.39 Å². The molecule has 0 bridgehead atoms. The molecule has 0 heterocycles. The average molecular weight is 372 g/mol. The second-order valence-corrected chi connectivity index (χ2v) is 6.73. The lowest BCUT2D eigenvalue weighted by molar-refractivity contribution is -0.145. The van der Waals surface area contributed by atoms with Crippen molar-refractivity contribution in [2.45, 2.75) is 32.2 Å². The Hall–Kier alpha value is -1.43. The molecule has 0 unspecified atom stereocenters. The molecule has 1 fully saturated rings. The maximum atomic E-state index is 13.8. The van der Waals surface area contributed by atoms with Crippen LogP contribution in [0.5, 0.6) is 0 Å². The average Bonchev–Trinajstić information content (AvgIpc) is 2.50. The van der Waals surface area contributed by atoms with Crippen LogP contribution in [0.25, 0.3) is 0 Å². The molecule has 2 rings (SSSR count). The fourth-order valence-corrected chi connectivity index (χ4v) is 3.31. The Balaban J connectivity index is 1.95. The van der Waals surface area contributed by atoms with Gasteiger partial charge in [0.2, 0.25) is 5.91 Å². The first-order valence-electron chi connectivity index (χ1n) is 7.30. The van der Waals surface area contributed by atoms with E-state index >= 15 is 0 Å². The molecule has 0 atom stereocenters. The van der Waals surface area contributed by atoms with E-state index in [1.807, 2.05) is 0 Å². The van der Waals surface area contributed by atoms with E-state index in [1.54, 1.807) is 19.2 Å². The largest absolute Gasteiger partial charge is 0.481 e. The lowest BCUT2D eigenvalue weighted by atomic mass is 9.81. The van der Waals surface area contributed by atoms with Gasteiger partial charge in [-0.15, -0.1) is 0 Å². The summed E-state index contributed by atoms with van der Waals surface area (Å²) in [6.07, 6.45) is 2.23. The number of hydrogen-bond acceptors (Lipinski definition) is 2. The van der Waals surface area contributed by atoms with Gasteiger partial charge in [0, 0.05) is 29.5 Å². The van der Waals surface area contributed by atoms with Crippen molar-refractivity contribution in [3.8, 4) is 0 Å². The van der Waals surface area contributed by atoms with Gasteiger partial charge in [0.05, 0.1) is 5.92 Å². The second-order valence-electron chi connectivity index (χ2n) is 5.82. The minimum atomic E-state index is -0.782. The molecule has 1 saturated carbocycles. The fraction of sp³-hybridized carbons (Fsp3) is 0.500. The van der Waals surface area contributed by atoms with Crippen LogP contribution in [0.15, 0.2) is 22.7 Å². The fourth-order valence-electron chi connectivity index (χ4n) is 2.90. The van der Waals surface area contributed by atoms with Gasteiger partial charge < -0.3 is 10.0 Å². The molecule has 1 aromatic rings. The maximum Gasteiger partial charge on any atom is 0.306 e. The van der Waals surface area contributed by atoms with Gasteiger partial charge in [-0.05, 0) is 43.9 Å². The number of nitrogens with zero attached hydrogens (tertiary/aromatic N) is 1. The number of benzene rings is 1. The molecule has 0 saturated heterocycles. The smallest absolute Gasteiger partial charge is 0.306 e. The van der Waals surface area contributed by atoms with Crippen LogP contribution in [0.4, 0.5) is 4.39 Å². The van der Waals surface area contributed by atoms with Crippen molar-refractivity contribution in [3.63, 3.8) is 0 Å². The first-order chi connectivity index (χ1) is 10.4. The highest BCUT2D eigenvalue weighted by atomic mass is 79.9. The third kappa shape index (κ3) is 4.06. The minimum absolute atomic E-state index is 0.0387. The van der Waals surface area contributed by atoms with Gasteiger partial charge in [-0.1, -0.05) is 15.9 Å². The summed E-state index contributed by atoms with van der Waals surface area (Å²) < 4.78 is 14.5. The number of halogens is 2. The lowest BCUT2D eigenvalue weighted by Crippen LogP contribution is -2.35. The molecule has 1 aliphatic carbocycles. The Kier molecular flexibility index (Phi) is 5.56. The van der Waals surface area contributed by atoms with Gasteiger partial charge in [0.1, 0.15) is 5.82 Å². The van der Waals surface area contributed by atoms with E-state index in [9.17, 15) is 14.0 Å². The van der Waals surface area contributed by atoms with Gasteiger partial charge >= 0.3 is 5.97 Å². The number of carbonyl (C=O) groups excluding carboxylic acids is 1. The summed E-state index contributed by atoms with van der Waals surface area (Å²) in [6.45, 7) is 0.211. The Morgan fingerprint density at radius 2 is 1.86 bits per heavy atom. The summed E-state index contributed by atoms with van der Waals surface area (Å²) in [6, 6.07) is 4.66. The molecule has 4 nitrogen and oxygen atoms in total. The van der Waals surface area contributed by atoms with E-state index in [2.05, 4.69) is 15.9 Å². The van der Waals surface area contributed by atoms with Gasteiger partial charge in [-0.2, -0.15) is 0 Å². The minimum Gasteiger partial charge on any atom is -0.481 e. The van der Waals surface area contributed by atoms with Crippen LogP contribution in [0.1, 0.15) is 31.2 Å². The summed E-state index contributed by atoms with van der Waals surface area (Å²) in [5, 5.41) is 8.98. The highest BCUT2D eigenvalue weighted by Crippen LogP contribution is 2.30. The normalized spacial score (nSPS) is 21.4. The van der Waals surface area contributed by atoms with Gasteiger partial charge in [0.15, 0.2) is 0 Å². The Bertz CT molecular complexity index is 571. The molecule has 6 heteroatoms. The first-order valence-corrected chi connectivity index (χ1v) is 8.09. The third-order valence-corrected chi connectivity index (χ3v) is 4.71. The summed E-state index contributed by atoms with van der Waals surface area (Å²) in [5.41, 5.74) is 0.462. The highest BCUT2D eigenvalue weighted by molar-refractivity contribution is 9.10. The summed E-state index contributed by atoms with van der Waals surface area (Å²) >= 11 is 3.29. The number of aliphatic carboxylic acids is 1. The predicted molar refractivity (Wildman–Crippen MR) is 83.7 cm³/mol. The molecular weight excluding hydrogens is 353 g/mol. The van der Waals surface area contributed by atoms with Crippen molar-refractivity contribution < 1.29 is 19.1 Å². The summed E-state index contributed by atoms with van der Waals surface area (Å²) in [4.78, 5) is 24.9. The van der Waals surface area contributed by atoms with Crippen LogP contribution in [-0.4, -0.2) is 28.9 Å². The number of amides is 1. The standard InChI is InChI=1S/C16H19BrFNO3/c1-19(9-12-8-13(17)6-7-14(12)18)15(20)10-2-4-11(5-3-10)16(21)22/h6-8,10-11H,2-5,9H2,1H3,(H,21,22). The van der Waals surface area contributed by atoms with Crippen molar-refractivity contribution in [2.75, 3.05) is 7.05 Å². The molecule has 1 aromatic carbocycles. The van der Waals surface area contributed by atoms with E-state index in [1.165, 1.54) is 11.0 Å². The molecule has 0 aromatic heterocycles. The van der Waals surface area contributed by atoms with Crippen LogP contribution in [0.3, 0.4) is 0 Å². The number of hydrogen-bond donors (Lipinski definition) is 1. The summed E-state index contributed by atoms with van der Waals surface area (Å²) in [5.74, 6) is -1.65. The van der Waals surface area contributed by atoms with Crippen molar-refractivity contribution in [1.82, 2.24) is 4.90 Å². The second kappa shape index (κ2) is 7.22. The van der Waals surface area contributed by atoms with Crippen LogP contribution >= 0.6 is 15.9 Å². The van der Waals surface area contributed by atoms with Crippen LogP contribution in [0.2, 0.25) is 0 Å². The van der Waals surface area contributed by atoms with E-state index in [4.69, 9.17) is 5.11 Å². The van der Waals surface area contributed by atoms with Crippen molar-refractivity contribution in [1.29, 1.82) is 0 Å². The quantitative estimate of drug-likeness (QED) is 0.881. The van der Waals surface area contributed by atoms with Gasteiger partial charge in [-0.3, -0.25) is 9.59 Å². The molecule has 0 spiro atoms. The van der Waals surface area contributed by atoms with E-state index in [0.29, 0.717) is 31.2 Å². The van der Waals surface area contributed by atoms with Crippen LogP contribution < -0.4 is 0 Å². The monoisotopic (exact) mass is 371 g/mol. The maximum absolute atomic E-state index is 13.8. The lowest BCUT2D eigenvalue weighted by Gasteiger charge is -2.29. The number of carbonyl (C=O) groups is 2. The third-order valence-electron chi connectivity index (χ3n) is 4.22. The van der Waals surface area contributed by atoms with E-state index < -0.39 is 5.97 Å². The van der Waals surface area contributed by atoms with Crippen molar-refractivity contribution >= 4 is 27.8 Å². The SMILES string of the molecule is CN(Cc1cc(Br)ccc1F)C(=O)C1CCC(C(=O)O)CC1. The van der Waals surface area contributed by atoms with Gasteiger partial charge in [0.25, 0.3) is 0 Å². The first kappa shape index (κ1) is 16.9. The zero-order valence-electron chi connectivity index (χ0n) is 12.4. The number of carboxylic acids is 1. The summed E-state index contributed by atoms with van der Waals surface area (Å²) in [7, 11) is 1.66. The van der Waals surface area contributed by atoms with Crippen molar-refractivity contribution in [2.24, 2.45) is 11.8 Å². The molecule has 0 radical (unpaired) electrons. The molecular formula is C16H19BrFNO3. The highest BCUT2D eigenvalue weighted by Gasteiger charge is 2.31. The zero-order chi connectivity index (χ0) is 16.3.